The zero-order valence-corrected chi connectivity index (χ0v) is 13.8. The molecule has 0 radical (unpaired) electrons. The number of aromatic amines is 1. The maximum atomic E-state index is 12.5. The molecule has 3 aromatic rings. The van der Waals surface area contributed by atoms with Gasteiger partial charge in [0, 0.05) is 29.3 Å². The number of rotatable bonds is 5. The Morgan fingerprint density at radius 3 is 2.96 bits per heavy atom. The molecule has 4 rings (SSSR count). The highest BCUT2D eigenvalue weighted by molar-refractivity contribution is 6.05. The summed E-state index contributed by atoms with van der Waals surface area (Å²) >= 11 is 0. The number of fused-ring (bicyclic) bond motifs is 1. The number of ether oxygens (including phenoxy) is 2. The van der Waals surface area contributed by atoms with Gasteiger partial charge in [-0.1, -0.05) is 24.3 Å². The smallest absolute Gasteiger partial charge is 0.272 e. The van der Waals surface area contributed by atoms with E-state index in [0.717, 1.165) is 36.1 Å². The van der Waals surface area contributed by atoms with E-state index in [0.29, 0.717) is 18.0 Å². The Morgan fingerprint density at radius 2 is 2.12 bits per heavy atom. The van der Waals surface area contributed by atoms with E-state index in [1.807, 2.05) is 54.6 Å². The summed E-state index contributed by atoms with van der Waals surface area (Å²) in [5.74, 6) is 0.553. The van der Waals surface area contributed by atoms with Crippen LogP contribution in [0.25, 0.3) is 10.9 Å². The summed E-state index contributed by atoms with van der Waals surface area (Å²) in [7, 11) is 0. The van der Waals surface area contributed by atoms with Crippen molar-refractivity contribution in [2.75, 3.05) is 18.5 Å². The van der Waals surface area contributed by atoms with Crippen LogP contribution in [-0.2, 0) is 4.74 Å². The number of hydrogen-bond donors (Lipinski definition) is 2. The molecule has 2 N–H and O–H groups in total. The molecular weight excluding hydrogens is 316 g/mol. The summed E-state index contributed by atoms with van der Waals surface area (Å²) in [5.41, 5.74) is 2.18. The second-order valence-corrected chi connectivity index (χ2v) is 6.20. The molecule has 5 nitrogen and oxygen atoms in total. The molecule has 128 valence electrons. The van der Waals surface area contributed by atoms with Crippen molar-refractivity contribution < 1.29 is 14.3 Å². The highest BCUT2D eigenvalue weighted by Gasteiger charge is 2.16. The molecule has 0 aliphatic carbocycles. The third kappa shape index (κ3) is 3.67. The minimum absolute atomic E-state index is 0.171. The van der Waals surface area contributed by atoms with Crippen LogP contribution in [0.3, 0.4) is 0 Å². The number of para-hydroxylation sites is 1. The largest absolute Gasteiger partial charge is 0.491 e. The first-order valence-electron chi connectivity index (χ1n) is 8.51. The molecule has 0 spiro atoms. The molecule has 25 heavy (non-hydrogen) atoms. The van der Waals surface area contributed by atoms with Gasteiger partial charge >= 0.3 is 0 Å². The van der Waals surface area contributed by atoms with Gasteiger partial charge in [-0.15, -0.1) is 0 Å². The second kappa shape index (κ2) is 6.99. The molecule has 0 bridgehead atoms. The zero-order chi connectivity index (χ0) is 17.1. The molecule has 0 saturated carbocycles. The lowest BCUT2D eigenvalue weighted by molar-refractivity contribution is 0.0680. The van der Waals surface area contributed by atoms with Crippen molar-refractivity contribution in [2.45, 2.75) is 18.9 Å². The van der Waals surface area contributed by atoms with E-state index in [9.17, 15) is 4.79 Å². The molecule has 1 atom stereocenters. The van der Waals surface area contributed by atoms with E-state index in [2.05, 4.69) is 10.3 Å². The number of amides is 1. The molecule has 1 fully saturated rings. The topological polar surface area (TPSA) is 63.4 Å². The minimum Gasteiger partial charge on any atom is -0.491 e. The summed E-state index contributed by atoms with van der Waals surface area (Å²) in [4.78, 5) is 15.6. The Labute approximate surface area is 146 Å². The lowest BCUT2D eigenvalue weighted by Crippen LogP contribution is -2.16. The average Bonchev–Trinajstić information content (AvgIpc) is 3.29. The Balaban J connectivity index is 1.42. The van der Waals surface area contributed by atoms with Crippen LogP contribution < -0.4 is 10.1 Å². The Kier molecular flexibility index (Phi) is 4.39. The number of anilines is 1. The standard InChI is InChI=1S/C20H20N2O3/c23-20(19-11-14-5-1-2-9-18(14)22-19)21-15-6-3-7-16(12-15)25-13-17-8-4-10-24-17/h1-3,5-7,9,11-12,17,22H,4,8,10,13H2,(H,21,23). The highest BCUT2D eigenvalue weighted by atomic mass is 16.5. The minimum atomic E-state index is -0.174. The summed E-state index contributed by atoms with van der Waals surface area (Å²) in [6.45, 7) is 1.36. The molecule has 1 amide bonds. The van der Waals surface area contributed by atoms with Gasteiger partial charge in [-0.05, 0) is 37.1 Å². The summed E-state index contributed by atoms with van der Waals surface area (Å²) in [6, 6.07) is 17.1. The van der Waals surface area contributed by atoms with Gasteiger partial charge in [0.25, 0.3) is 5.91 Å². The molecule has 1 saturated heterocycles. The molecule has 2 heterocycles. The number of carbonyl (C=O) groups is 1. The fraction of sp³-hybridized carbons (Fsp3) is 0.250. The van der Waals surface area contributed by atoms with Crippen LogP contribution >= 0.6 is 0 Å². The predicted octanol–water partition coefficient (Wildman–Crippen LogP) is 3.98. The van der Waals surface area contributed by atoms with Gasteiger partial charge in [0.2, 0.25) is 0 Å². The number of hydrogen-bond acceptors (Lipinski definition) is 3. The summed E-state index contributed by atoms with van der Waals surface area (Å²) in [6.07, 6.45) is 2.30. The van der Waals surface area contributed by atoms with Gasteiger partial charge in [0.05, 0.1) is 6.10 Å². The van der Waals surface area contributed by atoms with Gasteiger partial charge in [-0.3, -0.25) is 4.79 Å². The number of aromatic nitrogens is 1. The fourth-order valence-corrected chi connectivity index (χ4v) is 3.02. The monoisotopic (exact) mass is 336 g/mol. The molecule has 5 heteroatoms. The predicted molar refractivity (Wildman–Crippen MR) is 97.2 cm³/mol. The third-order valence-electron chi connectivity index (χ3n) is 4.33. The number of carbonyl (C=O) groups excluding carboxylic acids is 1. The molecular formula is C20H20N2O3. The third-order valence-corrected chi connectivity index (χ3v) is 4.33. The van der Waals surface area contributed by atoms with Crippen LogP contribution in [0.15, 0.2) is 54.6 Å². The molecule has 1 aromatic heterocycles. The average molecular weight is 336 g/mol. The van der Waals surface area contributed by atoms with Crippen LogP contribution in [-0.4, -0.2) is 30.2 Å². The maximum Gasteiger partial charge on any atom is 0.272 e. The van der Waals surface area contributed by atoms with Gasteiger partial charge in [-0.25, -0.2) is 0 Å². The van der Waals surface area contributed by atoms with Crippen molar-refractivity contribution in [1.82, 2.24) is 4.98 Å². The van der Waals surface area contributed by atoms with Gasteiger partial charge < -0.3 is 19.8 Å². The van der Waals surface area contributed by atoms with Crippen LogP contribution in [0, 0.1) is 0 Å². The molecule has 1 aliphatic rings. The van der Waals surface area contributed by atoms with Crippen molar-refractivity contribution in [1.29, 1.82) is 0 Å². The normalized spacial score (nSPS) is 16.9. The van der Waals surface area contributed by atoms with E-state index in [1.54, 1.807) is 0 Å². The first-order chi connectivity index (χ1) is 12.3. The van der Waals surface area contributed by atoms with E-state index in [-0.39, 0.29) is 12.0 Å². The SMILES string of the molecule is O=C(Nc1cccc(OCC2CCCO2)c1)c1cc2ccccc2[nH]1. The highest BCUT2D eigenvalue weighted by Crippen LogP contribution is 2.21. The molecule has 1 aliphatic heterocycles. The van der Waals surface area contributed by atoms with E-state index in [1.165, 1.54) is 0 Å². The first-order valence-corrected chi connectivity index (χ1v) is 8.51. The van der Waals surface area contributed by atoms with Gasteiger partial charge in [0.15, 0.2) is 0 Å². The van der Waals surface area contributed by atoms with Crippen LogP contribution in [0.1, 0.15) is 23.3 Å². The summed E-state index contributed by atoms with van der Waals surface area (Å²) in [5, 5.41) is 3.92. The first kappa shape index (κ1) is 15.7. The van der Waals surface area contributed by atoms with Crippen molar-refractivity contribution in [3.05, 3.63) is 60.3 Å². The van der Waals surface area contributed by atoms with Gasteiger partial charge in [-0.2, -0.15) is 0 Å². The summed E-state index contributed by atoms with van der Waals surface area (Å²) < 4.78 is 11.3. The second-order valence-electron chi connectivity index (χ2n) is 6.20. The van der Waals surface area contributed by atoms with Crippen molar-refractivity contribution in [2.24, 2.45) is 0 Å². The number of benzene rings is 2. The molecule has 2 aromatic carbocycles. The van der Waals surface area contributed by atoms with Crippen LogP contribution in [0.4, 0.5) is 5.69 Å². The fourth-order valence-electron chi connectivity index (χ4n) is 3.02. The zero-order valence-electron chi connectivity index (χ0n) is 13.8. The molecule has 1 unspecified atom stereocenters. The Bertz CT molecular complexity index is 848. The van der Waals surface area contributed by atoms with Crippen molar-refractivity contribution in [3.63, 3.8) is 0 Å². The van der Waals surface area contributed by atoms with E-state index < -0.39 is 0 Å². The lowest BCUT2D eigenvalue weighted by atomic mass is 10.2. The van der Waals surface area contributed by atoms with Crippen molar-refractivity contribution in [3.8, 4) is 5.75 Å². The lowest BCUT2D eigenvalue weighted by Gasteiger charge is -2.12. The number of H-pyrrole nitrogens is 1. The number of nitrogens with one attached hydrogen (secondary N) is 2. The maximum absolute atomic E-state index is 12.5. The Morgan fingerprint density at radius 1 is 1.20 bits per heavy atom. The van der Waals surface area contributed by atoms with E-state index in [4.69, 9.17) is 9.47 Å². The van der Waals surface area contributed by atoms with Gasteiger partial charge in [0.1, 0.15) is 18.1 Å². The Hall–Kier alpha value is -2.79. The van der Waals surface area contributed by atoms with E-state index >= 15 is 0 Å². The quantitative estimate of drug-likeness (QED) is 0.741. The van der Waals surface area contributed by atoms with Crippen molar-refractivity contribution >= 4 is 22.5 Å². The van der Waals surface area contributed by atoms with Crippen LogP contribution in [0.2, 0.25) is 0 Å². The van der Waals surface area contributed by atoms with Crippen LogP contribution in [0.5, 0.6) is 5.75 Å².